The maximum absolute atomic E-state index is 11.5. The Bertz CT molecular complexity index is 1150. The Kier molecular flexibility index (Phi) is 5.16. The molecule has 4 rings (SSSR count). The summed E-state index contributed by atoms with van der Waals surface area (Å²) >= 11 is 0. The first-order valence-corrected chi connectivity index (χ1v) is 9.44. The van der Waals surface area contributed by atoms with Crippen LogP contribution in [0.15, 0.2) is 84.9 Å². The van der Waals surface area contributed by atoms with E-state index in [1.807, 2.05) is 42.5 Å². The highest BCUT2D eigenvalue weighted by Gasteiger charge is 2.13. The number of benzene rings is 4. The van der Waals surface area contributed by atoms with E-state index in [9.17, 15) is 9.90 Å². The number of fused-ring (bicyclic) bond motifs is 1. The zero-order chi connectivity index (χ0) is 20.2. The van der Waals surface area contributed by atoms with Crippen LogP contribution < -0.4 is 9.47 Å². The van der Waals surface area contributed by atoms with Crippen LogP contribution >= 0.6 is 0 Å². The number of phenols is 1. The minimum Gasteiger partial charge on any atom is -0.508 e. The van der Waals surface area contributed by atoms with Crippen molar-refractivity contribution < 1.29 is 19.4 Å². The van der Waals surface area contributed by atoms with Crippen LogP contribution in [0.4, 0.5) is 0 Å². The van der Waals surface area contributed by atoms with Gasteiger partial charge in [-0.05, 0) is 53.4 Å². The SMILES string of the molecule is CCC(=O)Oc1ccc(Oc2c(-c3ccc(O)cc3)ccc3ccccc23)cc1. The highest BCUT2D eigenvalue weighted by Crippen LogP contribution is 2.40. The van der Waals surface area contributed by atoms with Gasteiger partial charge < -0.3 is 14.6 Å². The van der Waals surface area contributed by atoms with Crippen molar-refractivity contribution in [2.45, 2.75) is 13.3 Å². The molecular weight excluding hydrogens is 364 g/mol. The summed E-state index contributed by atoms with van der Waals surface area (Å²) in [5.74, 6) is 1.79. The first-order valence-electron chi connectivity index (χ1n) is 9.44. The highest BCUT2D eigenvalue weighted by atomic mass is 16.5. The smallest absolute Gasteiger partial charge is 0.310 e. The summed E-state index contributed by atoms with van der Waals surface area (Å²) in [7, 11) is 0. The zero-order valence-electron chi connectivity index (χ0n) is 16.0. The normalized spacial score (nSPS) is 10.7. The fraction of sp³-hybridized carbons (Fsp3) is 0.0800. The van der Waals surface area contributed by atoms with Gasteiger partial charge in [-0.3, -0.25) is 4.79 Å². The summed E-state index contributed by atoms with van der Waals surface area (Å²) in [6.45, 7) is 1.76. The Hall–Kier alpha value is -3.79. The molecule has 4 nitrogen and oxygen atoms in total. The molecule has 0 unspecified atom stereocenters. The fourth-order valence-corrected chi connectivity index (χ4v) is 3.12. The molecule has 4 aromatic rings. The van der Waals surface area contributed by atoms with Gasteiger partial charge in [0, 0.05) is 17.4 Å². The molecule has 0 saturated carbocycles. The summed E-state index contributed by atoms with van der Waals surface area (Å²) < 4.78 is 11.5. The Morgan fingerprint density at radius 3 is 2.24 bits per heavy atom. The van der Waals surface area contributed by atoms with E-state index in [-0.39, 0.29) is 11.7 Å². The third-order valence-corrected chi connectivity index (χ3v) is 4.62. The molecule has 0 amide bonds. The second-order valence-corrected chi connectivity index (χ2v) is 6.61. The molecule has 0 aliphatic heterocycles. The van der Waals surface area contributed by atoms with Crippen LogP contribution in [0.1, 0.15) is 13.3 Å². The zero-order valence-corrected chi connectivity index (χ0v) is 16.0. The molecular formula is C25H20O4. The largest absolute Gasteiger partial charge is 0.508 e. The molecule has 0 saturated heterocycles. The van der Waals surface area contributed by atoms with E-state index >= 15 is 0 Å². The Labute approximate surface area is 169 Å². The van der Waals surface area contributed by atoms with Gasteiger partial charge in [-0.2, -0.15) is 0 Å². The lowest BCUT2D eigenvalue weighted by molar-refractivity contribution is -0.134. The van der Waals surface area contributed by atoms with Crippen molar-refractivity contribution >= 4 is 16.7 Å². The van der Waals surface area contributed by atoms with Gasteiger partial charge in [-0.15, -0.1) is 0 Å². The average Bonchev–Trinajstić information content (AvgIpc) is 2.76. The van der Waals surface area contributed by atoms with Crippen LogP contribution in [0.2, 0.25) is 0 Å². The summed E-state index contributed by atoms with van der Waals surface area (Å²) in [6, 6.07) is 26.1. The van der Waals surface area contributed by atoms with Gasteiger partial charge in [-0.1, -0.05) is 49.4 Å². The lowest BCUT2D eigenvalue weighted by Gasteiger charge is -2.15. The van der Waals surface area contributed by atoms with Gasteiger partial charge in [0.25, 0.3) is 0 Å². The highest BCUT2D eigenvalue weighted by molar-refractivity contribution is 5.95. The monoisotopic (exact) mass is 384 g/mol. The van der Waals surface area contributed by atoms with E-state index in [4.69, 9.17) is 9.47 Å². The number of phenolic OH excluding ortho intramolecular Hbond substituents is 1. The van der Waals surface area contributed by atoms with Crippen LogP contribution in [0.25, 0.3) is 21.9 Å². The summed E-state index contributed by atoms with van der Waals surface area (Å²) in [4.78, 5) is 11.5. The lowest BCUT2D eigenvalue weighted by Crippen LogP contribution is -2.05. The summed E-state index contributed by atoms with van der Waals surface area (Å²) in [5.41, 5.74) is 1.86. The number of carbonyl (C=O) groups excluding carboxylic acids is 1. The number of ether oxygens (including phenoxy) is 2. The van der Waals surface area contributed by atoms with Crippen molar-refractivity contribution in [3.63, 3.8) is 0 Å². The number of rotatable bonds is 5. The van der Waals surface area contributed by atoms with E-state index in [2.05, 4.69) is 6.07 Å². The molecule has 29 heavy (non-hydrogen) atoms. The third-order valence-electron chi connectivity index (χ3n) is 4.62. The topological polar surface area (TPSA) is 55.8 Å². The van der Waals surface area contributed by atoms with Gasteiger partial charge in [0.15, 0.2) is 0 Å². The average molecular weight is 384 g/mol. The van der Waals surface area contributed by atoms with Crippen molar-refractivity contribution in [2.24, 2.45) is 0 Å². The van der Waals surface area contributed by atoms with E-state index < -0.39 is 0 Å². The predicted octanol–water partition coefficient (Wildman–Crippen LogP) is 6.32. The third kappa shape index (κ3) is 4.06. The molecule has 0 aliphatic rings. The van der Waals surface area contributed by atoms with Crippen molar-refractivity contribution in [1.82, 2.24) is 0 Å². The molecule has 0 fully saturated rings. The number of hydrogen-bond acceptors (Lipinski definition) is 4. The van der Waals surface area contributed by atoms with Gasteiger partial charge in [0.2, 0.25) is 0 Å². The number of aromatic hydroxyl groups is 1. The van der Waals surface area contributed by atoms with Crippen LogP contribution in [-0.4, -0.2) is 11.1 Å². The van der Waals surface area contributed by atoms with E-state index in [0.29, 0.717) is 17.9 Å². The van der Waals surface area contributed by atoms with Crippen LogP contribution in [-0.2, 0) is 4.79 Å². The van der Waals surface area contributed by atoms with Crippen LogP contribution in [0, 0.1) is 0 Å². The molecule has 0 aliphatic carbocycles. The van der Waals surface area contributed by atoms with Crippen molar-refractivity contribution in [1.29, 1.82) is 0 Å². The minimum atomic E-state index is -0.276. The maximum atomic E-state index is 11.5. The van der Waals surface area contributed by atoms with Crippen LogP contribution in [0.3, 0.4) is 0 Å². The van der Waals surface area contributed by atoms with Gasteiger partial charge in [-0.25, -0.2) is 0 Å². The Morgan fingerprint density at radius 1 is 0.828 bits per heavy atom. The first-order chi connectivity index (χ1) is 14.1. The molecule has 0 radical (unpaired) electrons. The summed E-state index contributed by atoms with van der Waals surface area (Å²) in [5, 5.41) is 11.7. The number of hydrogen-bond donors (Lipinski definition) is 1. The first kappa shape index (κ1) is 18.6. The second-order valence-electron chi connectivity index (χ2n) is 6.61. The molecule has 144 valence electrons. The van der Waals surface area contributed by atoms with E-state index in [0.717, 1.165) is 27.6 Å². The van der Waals surface area contributed by atoms with Crippen molar-refractivity contribution in [3.8, 4) is 34.1 Å². The quantitative estimate of drug-likeness (QED) is 0.323. The van der Waals surface area contributed by atoms with Gasteiger partial charge in [0.1, 0.15) is 23.0 Å². The van der Waals surface area contributed by atoms with Gasteiger partial charge >= 0.3 is 5.97 Å². The molecule has 0 heterocycles. The molecule has 0 spiro atoms. The fourth-order valence-electron chi connectivity index (χ4n) is 3.12. The molecule has 1 N–H and O–H groups in total. The number of esters is 1. The molecule has 0 aromatic heterocycles. The predicted molar refractivity (Wildman–Crippen MR) is 113 cm³/mol. The van der Waals surface area contributed by atoms with E-state index in [1.54, 1.807) is 43.3 Å². The molecule has 0 bridgehead atoms. The minimum absolute atomic E-state index is 0.217. The van der Waals surface area contributed by atoms with Crippen molar-refractivity contribution in [3.05, 3.63) is 84.9 Å². The van der Waals surface area contributed by atoms with E-state index in [1.165, 1.54) is 0 Å². The maximum Gasteiger partial charge on any atom is 0.310 e. The number of carbonyl (C=O) groups is 1. The Balaban J connectivity index is 1.74. The molecule has 4 aromatic carbocycles. The molecule has 0 atom stereocenters. The Morgan fingerprint density at radius 2 is 1.52 bits per heavy atom. The van der Waals surface area contributed by atoms with Gasteiger partial charge in [0.05, 0.1) is 0 Å². The summed E-state index contributed by atoms with van der Waals surface area (Å²) in [6.07, 6.45) is 0.324. The van der Waals surface area contributed by atoms with Crippen LogP contribution in [0.5, 0.6) is 23.0 Å². The standard InChI is InChI=1S/C25H20O4/c1-2-24(27)28-20-12-14-21(15-13-20)29-25-22-6-4-3-5-17(22)9-16-23(25)18-7-10-19(26)11-8-18/h3-16,26H,2H2,1H3. The van der Waals surface area contributed by atoms with Crippen molar-refractivity contribution in [2.75, 3.05) is 0 Å². The lowest BCUT2D eigenvalue weighted by atomic mass is 9.99. The second kappa shape index (κ2) is 8.07. The molecule has 4 heteroatoms.